The van der Waals surface area contributed by atoms with E-state index < -0.39 is 18.6 Å². The molecule has 0 saturated heterocycles. The molecule has 0 aliphatic rings. The van der Waals surface area contributed by atoms with E-state index in [9.17, 15) is 4.79 Å². The molecule has 5 heteroatoms. The Morgan fingerprint density at radius 1 is 1.73 bits per heavy atom. The van der Waals surface area contributed by atoms with Crippen LogP contribution in [0.4, 0.5) is 0 Å². The minimum absolute atomic E-state index is 0.425. The Labute approximate surface area is 62.9 Å². The van der Waals surface area contributed by atoms with Gasteiger partial charge in [-0.15, -0.1) is 0 Å². The molecule has 0 radical (unpaired) electrons. The lowest BCUT2D eigenvalue weighted by Crippen LogP contribution is -2.21. The molecule has 0 aliphatic heterocycles. The zero-order valence-electron chi connectivity index (χ0n) is 5.71. The smallest absolute Gasteiger partial charge is 0.329 e. The van der Waals surface area contributed by atoms with Gasteiger partial charge in [0.2, 0.25) is 0 Å². The highest BCUT2D eigenvalue weighted by atomic mass is 16.4. The van der Waals surface area contributed by atoms with Crippen LogP contribution in [-0.2, 0) is 4.79 Å². The number of nitrogens with zero attached hydrogens (tertiary/aromatic N) is 2. The fraction of sp³-hybridized carbons (Fsp3) is 0.333. The van der Waals surface area contributed by atoms with Crippen LogP contribution in [0.1, 0.15) is 6.04 Å². The van der Waals surface area contributed by atoms with Gasteiger partial charge in [-0.3, -0.25) is 0 Å². The molecule has 1 rings (SSSR count). The minimum Gasteiger partial charge on any atom is -0.480 e. The van der Waals surface area contributed by atoms with Gasteiger partial charge in [0, 0.05) is 12.4 Å². The Morgan fingerprint density at radius 3 is 2.82 bits per heavy atom. The Balaban J connectivity index is 2.79. The van der Waals surface area contributed by atoms with Crippen molar-refractivity contribution in [2.75, 3.05) is 6.61 Å². The Kier molecular flexibility index (Phi) is 2.22. The molecule has 0 spiro atoms. The summed E-state index contributed by atoms with van der Waals surface area (Å²) in [5.74, 6) is -1.06. The maximum Gasteiger partial charge on any atom is 0.329 e. The molecule has 1 aromatic heterocycles. The monoisotopic (exact) mass is 156 g/mol. The number of imidazole rings is 1. The van der Waals surface area contributed by atoms with E-state index in [-0.39, 0.29) is 0 Å². The summed E-state index contributed by atoms with van der Waals surface area (Å²) in [5, 5.41) is 17.2. The number of hydrogen-bond acceptors (Lipinski definition) is 3. The molecule has 0 bridgehead atoms. The van der Waals surface area contributed by atoms with Gasteiger partial charge in [0.1, 0.15) is 0 Å². The van der Waals surface area contributed by atoms with Gasteiger partial charge in [-0.1, -0.05) is 0 Å². The van der Waals surface area contributed by atoms with Crippen LogP contribution < -0.4 is 0 Å². The number of aliphatic hydroxyl groups is 1. The van der Waals surface area contributed by atoms with E-state index >= 15 is 0 Å². The maximum absolute atomic E-state index is 10.4. The second kappa shape index (κ2) is 3.16. The van der Waals surface area contributed by atoms with Crippen LogP contribution in [0.15, 0.2) is 18.7 Å². The van der Waals surface area contributed by atoms with E-state index in [0.717, 1.165) is 0 Å². The van der Waals surface area contributed by atoms with Gasteiger partial charge in [-0.05, 0) is 0 Å². The van der Waals surface area contributed by atoms with Gasteiger partial charge in [-0.2, -0.15) is 0 Å². The number of rotatable bonds is 3. The zero-order chi connectivity index (χ0) is 8.27. The predicted octanol–water partition coefficient (Wildman–Crippen LogP) is -0.499. The van der Waals surface area contributed by atoms with Crippen LogP contribution in [-0.4, -0.2) is 32.3 Å². The van der Waals surface area contributed by atoms with Crippen molar-refractivity contribution < 1.29 is 15.0 Å². The van der Waals surface area contributed by atoms with Crippen LogP contribution in [0.3, 0.4) is 0 Å². The van der Waals surface area contributed by atoms with Crippen molar-refractivity contribution in [2.24, 2.45) is 0 Å². The number of carboxylic acid groups (broad SMARTS) is 1. The van der Waals surface area contributed by atoms with E-state index in [1.165, 1.54) is 23.3 Å². The lowest BCUT2D eigenvalue weighted by atomic mass is 10.3. The Hall–Kier alpha value is -1.36. The van der Waals surface area contributed by atoms with E-state index in [4.69, 9.17) is 10.2 Å². The molecular formula is C6H8N2O3. The predicted molar refractivity (Wildman–Crippen MR) is 36.0 cm³/mol. The van der Waals surface area contributed by atoms with Gasteiger partial charge in [0.15, 0.2) is 6.04 Å². The molecule has 0 aromatic carbocycles. The van der Waals surface area contributed by atoms with E-state index in [0.29, 0.717) is 0 Å². The Bertz CT molecular complexity index is 232. The second-order valence-electron chi connectivity index (χ2n) is 2.05. The van der Waals surface area contributed by atoms with E-state index in [2.05, 4.69) is 4.98 Å². The number of carboxylic acids is 1. The molecule has 0 aliphatic carbocycles. The fourth-order valence-corrected chi connectivity index (χ4v) is 0.754. The lowest BCUT2D eigenvalue weighted by Gasteiger charge is -2.08. The second-order valence-corrected chi connectivity index (χ2v) is 2.05. The highest BCUT2D eigenvalue weighted by Gasteiger charge is 2.16. The summed E-state index contributed by atoms with van der Waals surface area (Å²) in [6, 6.07) is -0.919. The third-order valence-electron chi connectivity index (χ3n) is 1.34. The SMILES string of the molecule is O=C(O)C(CO)n1ccnc1. The summed E-state index contributed by atoms with van der Waals surface area (Å²) >= 11 is 0. The fourth-order valence-electron chi connectivity index (χ4n) is 0.754. The van der Waals surface area contributed by atoms with Crippen LogP contribution in [0.2, 0.25) is 0 Å². The van der Waals surface area contributed by atoms with E-state index in [1.54, 1.807) is 0 Å². The van der Waals surface area contributed by atoms with Crippen molar-refractivity contribution in [2.45, 2.75) is 6.04 Å². The molecule has 1 atom stereocenters. The summed E-state index contributed by atoms with van der Waals surface area (Å²) < 4.78 is 1.34. The quantitative estimate of drug-likeness (QED) is 0.618. The largest absolute Gasteiger partial charge is 0.480 e. The van der Waals surface area contributed by atoms with Crippen LogP contribution >= 0.6 is 0 Å². The van der Waals surface area contributed by atoms with Crippen molar-refractivity contribution in [1.82, 2.24) is 9.55 Å². The van der Waals surface area contributed by atoms with Gasteiger partial charge in [0.25, 0.3) is 0 Å². The van der Waals surface area contributed by atoms with Gasteiger partial charge in [0.05, 0.1) is 12.9 Å². The first-order valence-corrected chi connectivity index (χ1v) is 3.07. The van der Waals surface area contributed by atoms with Crippen molar-refractivity contribution in [1.29, 1.82) is 0 Å². The van der Waals surface area contributed by atoms with Crippen molar-refractivity contribution in [3.8, 4) is 0 Å². The standard InChI is InChI=1S/C6H8N2O3/c9-3-5(6(10)11)8-2-1-7-4-8/h1-2,4-5,9H,3H2,(H,10,11). The third kappa shape index (κ3) is 1.56. The van der Waals surface area contributed by atoms with Crippen LogP contribution in [0, 0.1) is 0 Å². The highest BCUT2D eigenvalue weighted by Crippen LogP contribution is 2.03. The number of hydrogen-bond donors (Lipinski definition) is 2. The maximum atomic E-state index is 10.4. The number of aromatic nitrogens is 2. The molecule has 1 unspecified atom stereocenters. The normalized spacial score (nSPS) is 12.8. The molecule has 1 heterocycles. The van der Waals surface area contributed by atoms with E-state index in [1.807, 2.05) is 0 Å². The summed E-state index contributed by atoms with van der Waals surface area (Å²) in [7, 11) is 0. The molecule has 60 valence electrons. The van der Waals surface area contributed by atoms with Crippen LogP contribution in [0.25, 0.3) is 0 Å². The summed E-state index contributed by atoms with van der Waals surface area (Å²) in [6.07, 6.45) is 4.32. The molecule has 11 heavy (non-hydrogen) atoms. The molecule has 5 nitrogen and oxygen atoms in total. The summed E-state index contributed by atoms with van der Waals surface area (Å²) in [5.41, 5.74) is 0. The van der Waals surface area contributed by atoms with Crippen LogP contribution in [0.5, 0.6) is 0 Å². The number of aliphatic carboxylic acids is 1. The molecular weight excluding hydrogens is 148 g/mol. The average molecular weight is 156 g/mol. The third-order valence-corrected chi connectivity index (χ3v) is 1.34. The molecule has 2 N–H and O–H groups in total. The van der Waals surface area contributed by atoms with Gasteiger partial charge >= 0.3 is 5.97 Å². The average Bonchev–Trinajstić information content (AvgIpc) is 2.40. The van der Waals surface area contributed by atoms with Gasteiger partial charge < -0.3 is 14.8 Å². The summed E-state index contributed by atoms with van der Waals surface area (Å²) in [6.45, 7) is -0.425. The first-order chi connectivity index (χ1) is 5.25. The first kappa shape index (κ1) is 7.74. The molecule has 1 aromatic rings. The summed E-state index contributed by atoms with van der Waals surface area (Å²) in [4.78, 5) is 14.1. The van der Waals surface area contributed by atoms with Crippen molar-refractivity contribution >= 4 is 5.97 Å². The molecule has 0 fully saturated rings. The number of carbonyl (C=O) groups is 1. The highest BCUT2D eigenvalue weighted by molar-refractivity contribution is 5.71. The van der Waals surface area contributed by atoms with Gasteiger partial charge in [-0.25, -0.2) is 9.78 Å². The lowest BCUT2D eigenvalue weighted by molar-refractivity contribution is -0.142. The van der Waals surface area contributed by atoms with Crippen molar-refractivity contribution in [3.63, 3.8) is 0 Å². The zero-order valence-corrected chi connectivity index (χ0v) is 5.71. The topological polar surface area (TPSA) is 75.3 Å². The number of aliphatic hydroxyl groups excluding tert-OH is 1. The molecule has 0 amide bonds. The molecule has 0 saturated carbocycles. The Morgan fingerprint density at radius 2 is 2.45 bits per heavy atom. The minimum atomic E-state index is -1.06. The first-order valence-electron chi connectivity index (χ1n) is 3.07. The van der Waals surface area contributed by atoms with Crippen molar-refractivity contribution in [3.05, 3.63) is 18.7 Å².